The van der Waals surface area contributed by atoms with E-state index < -0.39 is 11.9 Å². The maximum absolute atomic E-state index is 12.7. The van der Waals surface area contributed by atoms with Crippen LogP contribution in [0.3, 0.4) is 0 Å². The summed E-state index contributed by atoms with van der Waals surface area (Å²) in [4.78, 5) is 28.7. The van der Waals surface area contributed by atoms with Crippen LogP contribution in [0.5, 0.6) is 17.2 Å². The summed E-state index contributed by atoms with van der Waals surface area (Å²) in [6.07, 6.45) is 4.17. The van der Waals surface area contributed by atoms with E-state index in [1.165, 1.54) is 6.07 Å². The molecule has 0 heterocycles. The fourth-order valence-electron chi connectivity index (χ4n) is 5.38. The Morgan fingerprint density at radius 2 is 1.48 bits per heavy atom. The van der Waals surface area contributed by atoms with E-state index in [-0.39, 0.29) is 17.4 Å². The summed E-state index contributed by atoms with van der Waals surface area (Å²) in [5, 5.41) is 14.1. The monoisotopic (exact) mass is 629 g/mol. The molecule has 0 bridgehead atoms. The minimum Gasteiger partial charge on any atom is -0.490 e. The van der Waals surface area contributed by atoms with Gasteiger partial charge in [0.05, 0.1) is 23.9 Å². The number of hydrogen-bond acceptors (Lipinski definition) is 6. The van der Waals surface area contributed by atoms with Gasteiger partial charge in [0.2, 0.25) is 0 Å². The number of hydrogen-bond donors (Lipinski definition) is 3. The van der Waals surface area contributed by atoms with Crippen molar-refractivity contribution in [1.82, 2.24) is 4.72 Å². The number of carbonyl (C=O) groups is 2. The molecule has 1 fully saturated rings. The minimum atomic E-state index is -1.11. The summed E-state index contributed by atoms with van der Waals surface area (Å²) in [7, 11) is 0. The number of nitrogens with zero attached hydrogens (tertiary/aromatic N) is 1. The molecule has 9 heteroatoms. The molecule has 3 N–H and O–H groups in total. The number of rotatable bonds is 10. The molecular weight excluding hydrogens is 598 g/mol. The maximum Gasteiger partial charge on any atom is 0.337 e. The minimum absolute atomic E-state index is 0.0263. The van der Waals surface area contributed by atoms with E-state index in [0.717, 1.165) is 47.1 Å². The van der Waals surface area contributed by atoms with Crippen molar-refractivity contribution in [3.63, 3.8) is 0 Å². The molecule has 0 unspecified atom stereocenters. The van der Waals surface area contributed by atoms with Gasteiger partial charge in [-0.3, -0.25) is 9.52 Å². The highest BCUT2D eigenvalue weighted by atomic mass is 32.2. The quantitative estimate of drug-likeness (QED) is 0.105. The molecule has 0 atom stereocenters. The molecule has 5 aromatic carbocycles. The van der Waals surface area contributed by atoms with E-state index in [9.17, 15) is 14.7 Å². The second-order valence-corrected chi connectivity index (χ2v) is 11.9. The Morgan fingerprint density at radius 1 is 0.783 bits per heavy atom. The average molecular weight is 630 g/mol. The fourth-order valence-corrected chi connectivity index (χ4v) is 6.25. The molecule has 0 saturated heterocycles. The van der Waals surface area contributed by atoms with E-state index in [4.69, 9.17) is 16.0 Å². The number of amides is 1. The lowest BCUT2D eigenvalue weighted by Crippen LogP contribution is -2.33. The van der Waals surface area contributed by atoms with Gasteiger partial charge in [-0.05, 0) is 121 Å². The predicted octanol–water partition coefficient (Wildman–Crippen LogP) is 9.12. The number of ether oxygens (including phenoxy) is 2. The SMILES string of the molecule is [C-]#[N+]c1cccc(SNC2CCC(Oc3ccc4cc(Oc5ccc(C(=O)Nc6ccccc6C(=O)O)cc5)ccc4c3)CC2)c1. The summed E-state index contributed by atoms with van der Waals surface area (Å²) in [6, 6.07) is 33.0. The van der Waals surface area contributed by atoms with Gasteiger partial charge in [0.15, 0.2) is 5.69 Å². The predicted molar refractivity (Wildman–Crippen MR) is 180 cm³/mol. The van der Waals surface area contributed by atoms with Crippen LogP contribution in [0.2, 0.25) is 0 Å². The summed E-state index contributed by atoms with van der Waals surface area (Å²) in [5.74, 6) is 0.568. The van der Waals surface area contributed by atoms with Gasteiger partial charge in [-0.15, -0.1) is 0 Å². The van der Waals surface area contributed by atoms with Gasteiger partial charge in [0.25, 0.3) is 5.91 Å². The number of para-hydroxylation sites is 1. The third-order valence-electron chi connectivity index (χ3n) is 7.81. The second-order valence-electron chi connectivity index (χ2n) is 11.0. The molecule has 8 nitrogen and oxygen atoms in total. The van der Waals surface area contributed by atoms with Crippen LogP contribution in [0, 0.1) is 6.57 Å². The third kappa shape index (κ3) is 7.67. The lowest BCUT2D eigenvalue weighted by Gasteiger charge is -2.29. The highest BCUT2D eigenvalue weighted by Gasteiger charge is 2.22. The van der Waals surface area contributed by atoms with Crippen LogP contribution < -0.4 is 19.5 Å². The number of benzene rings is 5. The Labute approximate surface area is 271 Å². The first-order valence-electron chi connectivity index (χ1n) is 15.0. The number of nitrogens with one attached hydrogen (secondary N) is 2. The first-order chi connectivity index (χ1) is 22.4. The number of carboxylic acid groups (broad SMARTS) is 1. The van der Waals surface area contributed by atoms with Gasteiger partial charge < -0.3 is 19.9 Å². The Balaban J connectivity index is 1.00. The number of aromatic carboxylic acids is 1. The zero-order valence-corrected chi connectivity index (χ0v) is 25.6. The molecule has 0 spiro atoms. The average Bonchev–Trinajstić information content (AvgIpc) is 3.08. The van der Waals surface area contributed by atoms with Gasteiger partial charge in [-0.1, -0.05) is 36.4 Å². The first kappa shape index (κ1) is 30.7. The number of carboxylic acids is 1. The molecule has 6 rings (SSSR count). The lowest BCUT2D eigenvalue weighted by atomic mass is 9.93. The van der Waals surface area contributed by atoms with E-state index in [1.807, 2.05) is 54.6 Å². The van der Waals surface area contributed by atoms with Crippen molar-refractivity contribution in [3.05, 3.63) is 132 Å². The van der Waals surface area contributed by atoms with Gasteiger partial charge >= 0.3 is 5.97 Å². The van der Waals surface area contributed by atoms with Crippen molar-refractivity contribution >= 4 is 46.0 Å². The maximum atomic E-state index is 12.7. The van der Waals surface area contributed by atoms with Gasteiger partial charge in [0, 0.05) is 16.5 Å². The number of carbonyl (C=O) groups excluding carboxylic acids is 1. The summed E-state index contributed by atoms with van der Waals surface area (Å²) >= 11 is 1.59. The normalized spacial score (nSPS) is 15.9. The third-order valence-corrected chi connectivity index (χ3v) is 8.75. The number of fused-ring (bicyclic) bond motifs is 1. The molecule has 1 saturated carbocycles. The van der Waals surface area contributed by atoms with Crippen LogP contribution in [0.25, 0.3) is 15.6 Å². The standard InChI is InChI=1S/C37H31N3O5S/c1-38-28-5-4-6-33(23-28)46-40-27-13-19-30(20-14-27)45-32-18-12-25-21-31(17-11-26(25)22-32)44-29-15-9-24(10-16-29)36(41)39-35-8-3-2-7-34(35)37(42)43/h2-12,15-18,21-23,27,30,40H,13-14,19-20H2,(H,39,41)(H,42,43). The molecule has 0 aliphatic heterocycles. The molecule has 0 aromatic heterocycles. The van der Waals surface area contributed by atoms with Gasteiger partial charge in [0.1, 0.15) is 17.2 Å². The van der Waals surface area contributed by atoms with Crippen LogP contribution in [0.1, 0.15) is 46.4 Å². The van der Waals surface area contributed by atoms with Crippen LogP contribution >= 0.6 is 11.9 Å². The first-order valence-corrected chi connectivity index (χ1v) is 15.8. The van der Waals surface area contributed by atoms with Crippen LogP contribution in [0.4, 0.5) is 11.4 Å². The molecular formula is C37H31N3O5S. The van der Waals surface area contributed by atoms with Crippen molar-refractivity contribution in [2.75, 3.05) is 5.32 Å². The lowest BCUT2D eigenvalue weighted by molar-refractivity contribution is 0.0698. The molecule has 1 aliphatic rings. The van der Waals surface area contributed by atoms with Crippen LogP contribution in [-0.4, -0.2) is 29.1 Å². The molecule has 230 valence electrons. The smallest absolute Gasteiger partial charge is 0.337 e. The summed E-state index contributed by atoms with van der Waals surface area (Å²) in [5.41, 5.74) is 1.30. The van der Waals surface area contributed by atoms with E-state index in [1.54, 1.807) is 54.4 Å². The largest absolute Gasteiger partial charge is 0.490 e. The van der Waals surface area contributed by atoms with Crippen molar-refractivity contribution in [2.45, 2.75) is 42.7 Å². The molecule has 0 radical (unpaired) electrons. The Kier molecular flexibility index (Phi) is 9.48. The zero-order chi connectivity index (χ0) is 31.9. The highest BCUT2D eigenvalue weighted by Crippen LogP contribution is 2.31. The number of anilines is 1. The van der Waals surface area contributed by atoms with Crippen molar-refractivity contribution in [1.29, 1.82) is 0 Å². The highest BCUT2D eigenvalue weighted by molar-refractivity contribution is 7.97. The zero-order valence-electron chi connectivity index (χ0n) is 24.8. The molecule has 1 aliphatic carbocycles. The van der Waals surface area contributed by atoms with Crippen LogP contribution in [-0.2, 0) is 0 Å². The van der Waals surface area contributed by atoms with E-state index >= 15 is 0 Å². The van der Waals surface area contributed by atoms with Crippen molar-refractivity contribution < 1.29 is 24.2 Å². The van der Waals surface area contributed by atoms with E-state index in [2.05, 4.69) is 21.0 Å². The summed E-state index contributed by atoms with van der Waals surface area (Å²) < 4.78 is 16.0. The van der Waals surface area contributed by atoms with E-state index in [0.29, 0.717) is 28.8 Å². The Hall–Kier alpha value is -5.30. The molecule has 46 heavy (non-hydrogen) atoms. The van der Waals surface area contributed by atoms with Crippen LogP contribution in [0.15, 0.2) is 114 Å². The Morgan fingerprint density at radius 3 is 2.22 bits per heavy atom. The van der Waals surface area contributed by atoms with Crippen molar-refractivity contribution in [3.8, 4) is 17.2 Å². The second kappa shape index (κ2) is 14.2. The van der Waals surface area contributed by atoms with Crippen molar-refractivity contribution in [2.24, 2.45) is 0 Å². The summed E-state index contributed by atoms with van der Waals surface area (Å²) in [6.45, 7) is 7.19. The fraction of sp³-hybridized carbons (Fsp3) is 0.162. The molecule has 5 aromatic rings. The molecule has 1 amide bonds. The van der Waals surface area contributed by atoms with Gasteiger partial charge in [-0.25, -0.2) is 9.64 Å². The Bertz CT molecular complexity index is 1910. The van der Waals surface area contributed by atoms with Gasteiger partial charge in [-0.2, -0.15) is 0 Å². The topological polar surface area (TPSA) is 101 Å².